The molecule has 1 aromatic carbocycles. The fourth-order valence-corrected chi connectivity index (χ4v) is 5.74. The van der Waals surface area contributed by atoms with Crippen molar-refractivity contribution in [3.63, 3.8) is 0 Å². The van der Waals surface area contributed by atoms with Crippen LogP contribution in [0, 0.1) is 0 Å². The van der Waals surface area contributed by atoms with Gasteiger partial charge < -0.3 is 4.98 Å². The number of hydrogen-bond donors (Lipinski definition) is 2. The molecule has 0 saturated carbocycles. The van der Waals surface area contributed by atoms with E-state index in [4.69, 9.17) is 0 Å². The van der Waals surface area contributed by atoms with E-state index >= 15 is 0 Å². The molecule has 0 saturated heterocycles. The van der Waals surface area contributed by atoms with Crippen molar-refractivity contribution in [3.05, 3.63) is 60.1 Å². The summed E-state index contributed by atoms with van der Waals surface area (Å²) in [5.74, 6) is 0. The van der Waals surface area contributed by atoms with E-state index in [0.717, 1.165) is 46.6 Å². The van der Waals surface area contributed by atoms with E-state index in [0.29, 0.717) is 15.9 Å². The van der Waals surface area contributed by atoms with Gasteiger partial charge in [0.05, 0.1) is 16.6 Å². The summed E-state index contributed by atoms with van der Waals surface area (Å²) in [6, 6.07) is 5.61. The van der Waals surface area contributed by atoms with Crippen molar-refractivity contribution in [2.75, 3.05) is 0 Å². The topological polar surface area (TPSA) is 70.7 Å². The van der Waals surface area contributed by atoms with Crippen LogP contribution < -0.4 is 11.2 Å². The summed E-state index contributed by atoms with van der Waals surface area (Å²) < 4.78 is 2.09. The Morgan fingerprint density at radius 2 is 1.96 bits per heavy atom. The summed E-state index contributed by atoms with van der Waals surface area (Å²) in [6.45, 7) is 0. The van der Waals surface area contributed by atoms with Gasteiger partial charge in [0.2, 0.25) is 0 Å². The zero-order valence-corrected chi connectivity index (χ0v) is 16.3. The van der Waals surface area contributed by atoms with E-state index in [9.17, 15) is 9.59 Å². The predicted molar refractivity (Wildman–Crippen MR) is 109 cm³/mol. The Morgan fingerprint density at radius 1 is 1.12 bits per heavy atom. The number of halogens is 1. The van der Waals surface area contributed by atoms with Gasteiger partial charge in [-0.05, 0) is 65.4 Å². The Hall–Kier alpha value is -2.12. The molecule has 0 fully saturated rings. The zero-order valence-electron chi connectivity index (χ0n) is 13.9. The number of fused-ring (bicyclic) bond motifs is 4. The highest BCUT2D eigenvalue weighted by atomic mass is 79.9. The second-order valence-corrected chi connectivity index (χ2v) is 8.67. The molecule has 5 nitrogen and oxygen atoms in total. The molecule has 5 rings (SSSR count). The molecular weight excluding hydrogens is 414 g/mol. The minimum absolute atomic E-state index is 0.218. The Kier molecular flexibility index (Phi) is 3.68. The van der Waals surface area contributed by atoms with Crippen molar-refractivity contribution >= 4 is 48.4 Å². The highest BCUT2D eigenvalue weighted by Gasteiger charge is 2.21. The highest BCUT2D eigenvalue weighted by molar-refractivity contribution is 9.10. The van der Waals surface area contributed by atoms with Crippen LogP contribution in [-0.2, 0) is 12.8 Å². The molecule has 2 N–H and O–H groups in total. The van der Waals surface area contributed by atoms with Crippen LogP contribution in [-0.4, -0.2) is 14.5 Å². The quantitative estimate of drug-likeness (QED) is 0.443. The first kappa shape index (κ1) is 16.1. The van der Waals surface area contributed by atoms with Crippen molar-refractivity contribution in [2.45, 2.75) is 32.1 Å². The molecule has 7 heteroatoms. The molecule has 132 valence electrons. The van der Waals surface area contributed by atoms with E-state index in [2.05, 4.69) is 25.9 Å². The van der Waals surface area contributed by atoms with Gasteiger partial charge in [-0.3, -0.25) is 9.78 Å². The largest absolute Gasteiger partial charge is 0.360 e. The summed E-state index contributed by atoms with van der Waals surface area (Å²) in [6.07, 6.45) is 7.19. The van der Waals surface area contributed by atoms with E-state index in [1.807, 2.05) is 24.4 Å². The fourth-order valence-electron chi connectivity index (χ4n) is 3.89. The Bertz CT molecular complexity index is 1280. The first-order valence-electron chi connectivity index (χ1n) is 8.70. The molecule has 0 unspecified atom stereocenters. The number of benzene rings is 1. The second kappa shape index (κ2) is 5.96. The third-order valence-electron chi connectivity index (χ3n) is 5.12. The Labute approximate surface area is 160 Å². The average molecular weight is 430 g/mol. The molecule has 26 heavy (non-hydrogen) atoms. The second-order valence-electron chi connectivity index (χ2n) is 6.71. The number of aryl methyl sites for hydroxylation is 2. The summed E-state index contributed by atoms with van der Waals surface area (Å²) in [5.41, 5.74) is 2.05. The lowest BCUT2D eigenvalue weighted by atomic mass is 10.1. The minimum Gasteiger partial charge on any atom is -0.360 e. The highest BCUT2D eigenvalue weighted by Crippen LogP contribution is 2.33. The van der Waals surface area contributed by atoms with Crippen LogP contribution in [0.3, 0.4) is 0 Å². The molecular formula is C19H16BrN3O2S. The van der Waals surface area contributed by atoms with E-state index in [1.165, 1.54) is 15.9 Å². The van der Waals surface area contributed by atoms with Crippen LogP contribution in [0.2, 0.25) is 0 Å². The fraction of sp³-hybridized carbons (Fsp3) is 0.263. The molecule has 0 atom stereocenters. The molecule has 1 aliphatic carbocycles. The van der Waals surface area contributed by atoms with Crippen LogP contribution in [0.1, 0.15) is 29.7 Å². The number of rotatable bonds is 1. The molecule has 4 aromatic rings. The maximum atomic E-state index is 13.3. The van der Waals surface area contributed by atoms with Gasteiger partial charge in [0.15, 0.2) is 0 Å². The normalized spacial score (nSPS) is 14.7. The van der Waals surface area contributed by atoms with Gasteiger partial charge >= 0.3 is 5.69 Å². The number of H-pyrrole nitrogens is 2. The lowest BCUT2D eigenvalue weighted by molar-refractivity contribution is 0.713. The van der Waals surface area contributed by atoms with Crippen molar-refractivity contribution in [1.29, 1.82) is 0 Å². The maximum absolute atomic E-state index is 13.3. The minimum atomic E-state index is -0.388. The lowest BCUT2D eigenvalue weighted by Gasteiger charge is -2.07. The van der Waals surface area contributed by atoms with E-state index in [1.54, 1.807) is 11.3 Å². The van der Waals surface area contributed by atoms with Crippen LogP contribution in [0.4, 0.5) is 0 Å². The van der Waals surface area contributed by atoms with Gasteiger partial charge in [-0.1, -0.05) is 6.42 Å². The van der Waals surface area contributed by atoms with Crippen molar-refractivity contribution < 1.29 is 0 Å². The number of aromatic nitrogens is 3. The SMILES string of the molecule is O=c1[nH]c2sc3c(c2c(=O)n1-c1cc(Br)c2[nH]ccc2c1)CCCCC3. The summed E-state index contributed by atoms with van der Waals surface area (Å²) >= 11 is 5.10. The first-order valence-corrected chi connectivity index (χ1v) is 10.3. The molecule has 0 radical (unpaired) electrons. The summed E-state index contributed by atoms with van der Waals surface area (Å²) in [5, 5.41) is 1.64. The molecule has 0 spiro atoms. The monoisotopic (exact) mass is 429 g/mol. The standard InChI is InChI=1S/C19H16BrN3O2S/c20-13-9-11(8-10-6-7-21-16(10)13)23-18(24)15-12-4-2-1-3-5-14(12)26-17(15)22-19(23)25/h6-9,21H,1-5H2,(H,22,25). The predicted octanol–water partition coefficient (Wildman–Crippen LogP) is 4.25. The van der Waals surface area contributed by atoms with Gasteiger partial charge in [0.1, 0.15) is 4.83 Å². The third-order valence-corrected chi connectivity index (χ3v) is 6.95. The van der Waals surface area contributed by atoms with Gasteiger partial charge in [0, 0.05) is 20.9 Å². The van der Waals surface area contributed by atoms with Crippen LogP contribution >= 0.6 is 27.3 Å². The van der Waals surface area contributed by atoms with E-state index < -0.39 is 0 Å². The first-order chi connectivity index (χ1) is 12.6. The van der Waals surface area contributed by atoms with Crippen LogP contribution in [0.5, 0.6) is 0 Å². The molecule has 3 heterocycles. The molecule has 0 amide bonds. The number of thiophene rings is 1. The van der Waals surface area contributed by atoms with Gasteiger partial charge in [-0.25, -0.2) is 9.36 Å². The molecule has 3 aromatic heterocycles. The number of hydrogen-bond acceptors (Lipinski definition) is 3. The summed E-state index contributed by atoms with van der Waals surface area (Å²) in [4.78, 5) is 34.1. The molecule has 0 aliphatic heterocycles. The van der Waals surface area contributed by atoms with Crippen molar-refractivity contribution in [2.24, 2.45) is 0 Å². The smallest absolute Gasteiger partial charge is 0.334 e. The third kappa shape index (κ3) is 2.34. The molecule has 0 bridgehead atoms. The van der Waals surface area contributed by atoms with Crippen LogP contribution in [0.15, 0.2) is 38.5 Å². The lowest BCUT2D eigenvalue weighted by Crippen LogP contribution is -2.33. The van der Waals surface area contributed by atoms with Crippen LogP contribution in [0.25, 0.3) is 26.8 Å². The van der Waals surface area contributed by atoms with Crippen molar-refractivity contribution in [1.82, 2.24) is 14.5 Å². The number of nitrogens with one attached hydrogen (secondary N) is 2. The maximum Gasteiger partial charge on any atom is 0.334 e. The van der Waals surface area contributed by atoms with Gasteiger partial charge in [0.25, 0.3) is 5.56 Å². The van der Waals surface area contributed by atoms with Crippen molar-refractivity contribution in [3.8, 4) is 5.69 Å². The van der Waals surface area contributed by atoms with Gasteiger partial charge in [-0.15, -0.1) is 11.3 Å². The average Bonchev–Trinajstić information content (AvgIpc) is 3.14. The summed E-state index contributed by atoms with van der Waals surface area (Å²) in [7, 11) is 0. The number of nitrogens with zero attached hydrogens (tertiary/aromatic N) is 1. The zero-order chi connectivity index (χ0) is 17.8. The Morgan fingerprint density at radius 3 is 2.85 bits per heavy atom. The number of aromatic amines is 2. The molecule has 1 aliphatic rings. The Balaban J connectivity index is 1.83. The van der Waals surface area contributed by atoms with Gasteiger partial charge in [-0.2, -0.15) is 0 Å². The van der Waals surface area contributed by atoms with E-state index in [-0.39, 0.29) is 11.2 Å².